The van der Waals surface area contributed by atoms with Crippen molar-refractivity contribution in [2.24, 2.45) is 5.73 Å². The monoisotopic (exact) mass is 222 g/mol. The van der Waals surface area contributed by atoms with E-state index in [2.05, 4.69) is 0 Å². The number of sulfone groups is 1. The predicted molar refractivity (Wildman–Crippen MR) is 55.6 cm³/mol. The molecule has 0 aliphatic carbocycles. The molecule has 6 heteroatoms. The first-order valence-electron chi connectivity index (χ1n) is 4.43. The van der Waals surface area contributed by atoms with Crippen LogP contribution in [-0.2, 0) is 14.6 Å². The molecule has 0 bridgehead atoms. The van der Waals surface area contributed by atoms with Crippen LogP contribution in [0, 0.1) is 0 Å². The molecule has 1 unspecified atom stereocenters. The van der Waals surface area contributed by atoms with Crippen molar-refractivity contribution in [2.45, 2.75) is 18.6 Å². The Morgan fingerprint density at radius 3 is 2.29 bits per heavy atom. The number of rotatable bonds is 5. The lowest BCUT2D eigenvalue weighted by atomic mass is 10.4. The summed E-state index contributed by atoms with van der Waals surface area (Å²) in [6.45, 7) is 1.65. The van der Waals surface area contributed by atoms with Crippen LogP contribution in [0.2, 0.25) is 0 Å². The highest BCUT2D eigenvalue weighted by atomic mass is 32.2. The summed E-state index contributed by atoms with van der Waals surface area (Å²) in [7, 11) is -0.0144. The van der Waals surface area contributed by atoms with Gasteiger partial charge in [-0.2, -0.15) is 0 Å². The van der Waals surface area contributed by atoms with Crippen LogP contribution in [0.25, 0.3) is 0 Å². The van der Waals surface area contributed by atoms with E-state index in [0.29, 0.717) is 0 Å². The molecule has 0 rings (SSSR count). The van der Waals surface area contributed by atoms with E-state index in [1.807, 2.05) is 0 Å². The predicted octanol–water partition coefficient (Wildman–Crippen LogP) is -0.773. The minimum absolute atomic E-state index is 0.0275. The summed E-state index contributed by atoms with van der Waals surface area (Å²) in [4.78, 5) is 12.5. The van der Waals surface area contributed by atoms with Gasteiger partial charge in [0.25, 0.3) is 0 Å². The van der Waals surface area contributed by atoms with Crippen LogP contribution in [0.15, 0.2) is 0 Å². The molecule has 1 amide bonds. The number of nitrogens with zero attached hydrogens (tertiary/aromatic N) is 1. The molecule has 14 heavy (non-hydrogen) atoms. The molecule has 0 aromatic carbocycles. The molecule has 0 radical (unpaired) electrons. The third-order valence-electron chi connectivity index (χ3n) is 2.04. The Morgan fingerprint density at radius 1 is 1.43 bits per heavy atom. The van der Waals surface area contributed by atoms with Crippen molar-refractivity contribution < 1.29 is 13.2 Å². The molecule has 5 nitrogen and oxygen atoms in total. The molecule has 0 saturated carbocycles. The highest BCUT2D eigenvalue weighted by molar-refractivity contribution is 7.92. The first-order chi connectivity index (χ1) is 6.31. The van der Waals surface area contributed by atoms with Crippen LogP contribution in [0.4, 0.5) is 0 Å². The second kappa shape index (κ2) is 5.31. The molecule has 84 valence electrons. The molecular formula is C8H18N2O3S. The van der Waals surface area contributed by atoms with Crippen molar-refractivity contribution in [2.75, 3.05) is 26.4 Å². The molecule has 2 N–H and O–H groups in total. The summed E-state index contributed by atoms with van der Waals surface area (Å²) < 4.78 is 22.9. The molecule has 0 fully saturated rings. The van der Waals surface area contributed by atoms with Crippen molar-refractivity contribution in [3.05, 3.63) is 0 Å². The van der Waals surface area contributed by atoms with Gasteiger partial charge in [-0.25, -0.2) is 8.42 Å². The number of carbonyl (C=O) groups excluding carboxylic acids is 1. The van der Waals surface area contributed by atoms with Gasteiger partial charge in [0.2, 0.25) is 5.91 Å². The second-order valence-corrected chi connectivity index (χ2v) is 5.99. The number of hydrogen-bond donors (Lipinski definition) is 1. The second-order valence-electron chi connectivity index (χ2n) is 3.45. The number of nitrogens with two attached hydrogens (primary N) is 1. The van der Waals surface area contributed by atoms with Crippen LogP contribution in [0.3, 0.4) is 0 Å². The average Bonchev–Trinajstić information content (AvgIpc) is 2.12. The molecule has 0 heterocycles. The summed E-state index contributed by atoms with van der Waals surface area (Å²) in [5, 5.41) is -0.572. The van der Waals surface area contributed by atoms with Gasteiger partial charge in [-0.05, 0) is 6.92 Å². The number of hydrogen-bond acceptors (Lipinski definition) is 4. The van der Waals surface area contributed by atoms with Gasteiger partial charge in [-0.3, -0.25) is 4.79 Å². The maximum Gasteiger partial charge on any atom is 0.223 e. The largest absolute Gasteiger partial charge is 0.349 e. The normalized spacial score (nSPS) is 13.7. The van der Waals surface area contributed by atoms with E-state index >= 15 is 0 Å². The Morgan fingerprint density at radius 2 is 1.93 bits per heavy atom. The molecule has 0 aromatic rings. The van der Waals surface area contributed by atoms with E-state index in [1.54, 1.807) is 21.0 Å². The fraction of sp³-hybridized carbons (Fsp3) is 0.875. The van der Waals surface area contributed by atoms with Crippen molar-refractivity contribution in [1.82, 2.24) is 4.90 Å². The standard InChI is InChI=1S/C8H18N2O3S/c1-7(6-9)14(12,13)5-4-8(11)10(2)3/h7H,4-6,9H2,1-3H3. The third kappa shape index (κ3) is 4.06. The fourth-order valence-corrected chi connectivity index (χ4v) is 1.96. The topological polar surface area (TPSA) is 80.5 Å². The molecule has 0 aliphatic rings. The van der Waals surface area contributed by atoms with Crippen molar-refractivity contribution in [3.63, 3.8) is 0 Å². The van der Waals surface area contributed by atoms with E-state index < -0.39 is 15.1 Å². The van der Waals surface area contributed by atoms with Crippen LogP contribution in [-0.4, -0.2) is 50.9 Å². The summed E-state index contributed by atoms with van der Waals surface area (Å²) in [5.41, 5.74) is 5.25. The van der Waals surface area contributed by atoms with Gasteiger partial charge < -0.3 is 10.6 Å². The van der Waals surface area contributed by atoms with Gasteiger partial charge in [0.15, 0.2) is 9.84 Å². The van der Waals surface area contributed by atoms with Crippen LogP contribution < -0.4 is 5.73 Å². The third-order valence-corrected chi connectivity index (χ3v) is 4.24. The quantitative estimate of drug-likeness (QED) is 0.662. The van der Waals surface area contributed by atoms with Crippen molar-refractivity contribution in [3.8, 4) is 0 Å². The van der Waals surface area contributed by atoms with Gasteiger partial charge in [-0.15, -0.1) is 0 Å². The number of carbonyl (C=O) groups is 1. The minimum Gasteiger partial charge on any atom is -0.349 e. The Balaban J connectivity index is 4.20. The Labute approximate surface area is 85.2 Å². The Kier molecular flexibility index (Phi) is 5.07. The highest BCUT2D eigenvalue weighted by Crippen LogP contribution is 2.03. The average molecular weight is 222 g/mol. The molecule has 0 spiro atoms. The maximum atomic E-state index is 11.4. The number of amides is 1. The maximum absolute atomic E-state index is 11.4. The van der Waals surface area contributed by atoms with E-state index in [9.17, 15) is 13.2 Å². The molecule has 0 aliphatic heterocycles. The fourth-order valence-electron chi connectivity index (χ4n) is 0.801. The zero-order chi connectivity index (χ0) is 11.4. The van der Waals surface area contributed by atoms with E-state index in [-0.39, 0.29) is 24.6 Å². The SMILES string of the molecule is CC(CN)S(=O)(=O)CCC(=O)N(C)C. The molecule has 0 aromatic heterocycles. The first kappa shape index (κ1) is 13.4. The zero-order valence-electron chi connectivity index (χ0n) is 8.86. The Hall–Kier alpha value is -0.620. The van der Waals surface area contributed by atoms with Crippen LogP contribution in [0.1, 0.15) is 13.3 Å². The van der Waals surface area contributed by atoms with Crippen molar-refractivity contribution >= 4 is 15.7 Å². The lowest BCUT2D eigenvalue weighted by Crippen LogP contribution is -2.31. The minimum atomic E-state index is -3.21. The van der Waals surface area contributed by atoms with Gasteiger partial charge in [0.1, 0.15) is 0 Å². The lowest BCUT2D eigenvalue weighted by molar-refractivity contribution is -0.128. The van der Waals surface area contributed by atoms with Gasteiger partial charge in [0, 0.05) is 27.1 Å². The van der Waals surface area contributed by atoms with E-state index in [4.69, 9.17) is 5.73 Å². The summed E-state index contributed by atoms with van der Waals surface area (Å²) in [6, 6.07) is 0. The zero-order valence-corrected chi connectivity index (χ0v) is 9.67. The van der Waals surface area contributed by atoms with E-state index in [0.717, 1.165) is 0 Å². The first-order valence-corrected chi connectivity index (χ1v) is 6.14. The summed E-state index contributed by atoms with van der Waals surface area (Å²) in [6.07, 6.45) is 0.0275. The van der Waals surface area contributed by atoms with Gasteiger partial charge in [-0.1, -0.05) is 0 Å². The molecule has 0 saturated heterocycles. The van der Waals surface area contributed by atoms with Gasteiger partial charge in [0.05, 0.1) is 11.0 Å². The Bertz CT molecular complexity index is 285. The lowest BCUT2D eigenvalue weighted by Gasteiger charge is -2.12. The molecule has 1 atom stereocenters. The summed E-state index contributed by atoms with van der Waals surface area (Å²) in [5.74, 6) is -0.305. The summed E-state index contributed by atoms with van der Waals surface area (Å²) >= 11 is 0. The van der Waals surface area contributed by atoms with Crippen molar-refractivity contribution in [1.29, 1.82) is 0 Å². The van der Waals surface area contributed by atoms with Crippen LogP contribution >= 0.6 is 0 Å². The smallest absolute Gasteiger partial charge is 0.223 e. The van der Waals surface area contributed by atoms with Crippen LogP contribution in [0.5, 0.6) is 0 Å². The highest BCUT2D eigenvalue weighted by Gasteiger charge is 2.20. The van der Waals surface area contributed by atoms with E-state index in [1.165, 1.54) is 4.90 Å². The molecular weight excluding hydrogens is 204 g/mol. The van der Waals surface area contributed by atoms with Gasteiger partial charge >= 0.3 is 0 Å².